The summed E-state index contributed by atoms with van der Waals surface area (Å²) in [5, 5.41) is 16.6. The van der Waals surface area contributed by atoms with Crippen LogP contribution in [0.3, 0.4) is 0 Å². The number of carbonyl (C=O) groups excluding carboxylic acids is 2. The normalized spacial score (nSPS) is 19.7. The van der Waals surface area contributed by atoms with Crippen LogP contribution in [0.25, 0.3) is 11.1 Å². The van der Waals surface area contributed by atoms with Gasteiger partial charge in [-0.25, -0.2) is 9.37 Å². The Bertz CT molecular complexity index is 1740. The summed E-state index contributed by atoms with van der Waals surface area (Å²) < 4.78 is 20.4. The van der Waals surface area contributed by atoms with Gasteiger partial charge in [0.25, 0.3) is 11.8 Å². The van der Waals surface area contributed by atoms with Crippen LogP contribution in [0, 0.1) is 5.82 Å². The van der Waals surface area contributed by atoms with Crippen molar-refractivity contribution in [2.24, 2.45) is 0 Å². The summed E-state index contributed by atoms with van der Waals surface area (Å²) in [5.41, 5.74) is 4.82. The van der Waals surface area contributed by atoms with Crippen LogP contribution in [0.1, 0.15) is 83.0 Å². The SMILES string of the molecule is O=C(NC1CCC(NC(=O)c2cc(F)cnc2Oc2cccc(-c3ccc(CCCN4CCNCC4)cc3)c2)CC1)c1cc(C2CC2)n[nH]1. The highest BCUT2D eigenvalue weighted by atomic mass is 19.1. The van der Waals surface area contributed by atoms with Crippen molar-refractivity contribution in [3.8, 4) is 22.8 Å². The van der Waals surface area contributed by atoms with Gasteiger partial charge in [0, 0.05) is 44.2 Å². The number of aromatic amines is 1. The molecule has 2 aliphatic carbocycles. The summed E-state index contributed by atoms with van der Waals surface area (Å²) >= 11 is 0. The molecule has 0 unspecified atom stereocenters. The topological polar surface area (TPSA) is 124 Å². The summed E-state index contributed by atoms with van der Waals surface area (Å²) in [6.45, 7) is 5.50. The molecule has 3 aliphatic rings. The zero-order chi connectivity index (χ0) is 33.6. The third-order valence-corrected chi connectivity index (χ3v) is 9.78. The van der Waals surface area contributed by atoms with Crippen molar-refractivity contribution in [1.82, 2.24) is 36.0 Å². The number of hydrogen-bond acceptors (Lipinski definition) is 7. The van der Waals surface area contributed by atoms with Gasteiger partial charge in [0.1, 0.15) is 22.8 Å². The van der Waals surface area contributed by atoms with Crippen molar-refractivity contribution in [2.75, 3.05) is 32.7 Å². The minimum atomic E-state index is -0.616. The number of ether oxygens (including phenoxy) is 1. The van der Waals surface area contributed by atoms with E-state index < -0.39 is 11.7 Å². The van der Waals surface area contributed by atoms with Crippen molar-refractivity contribution >= 4 is 11.8 Å². The molecule has 4 aromatic rings. The molecule has 2 saturated carbocycles. The van der Waals surface area contributed by atoms with Gasteiger partial charge >= 0.3 is 0 Å². The van der Waals surface area contributed by atoms with Crippen molar-refractivity contribution in [3.63, 3.8) is 0 Å². The second-order valence-electron chi connectivity index (χ2n) is 13.5. The number of aromatic nitrogens is 3. The first-order valence-electron chi connectivity index (χ1n) is 17.6. The van der Waals surface area contributed by atoms with E-state index in [9.17, 15) is 14.0 Å². The molecule has 3 heterocycles. The summed E-state index contributed by atoms with van der Waals surface area (Å²) in [6.07, 6.45) is 8.28. The second kappa shape index (κ2) is 15.3. The van der Waals surface area contributed by atoms with Gasteiger partial charge in [0.2, 0.25) is 5.88 Å². The van der Waals surface area contributed by atoms with Gasteiger partial charge in [-0.05, 0) is 98.9 Å². The smallest absolute Gasteiger partial charge is 0.269 e. The fourth-order valence-corrected chi connectivity index (χ4v) is 6.78. The Kier molecular flexibility index (Phi) is 10.3. The van der Waals surface area contributed by atoms with Gasteiger partial charge in [-0.1, -0.05) is 36.4 Å². The van der Waals surface area contributed by atoms with Gasteiger partial charge in [-0.3, -0.25) is 14.7 Å². The molecule has 7 rings (SSSR count). The maximum absolute atomic E-state index is 14.3. The van der Waals surface area contributed by atoms with Gasteiger partial charge in [-0.2, -0.15) is 5.10 Å². The van der Waals surface area contributed by atoms with Crippen LogP contribution in [0.4, 0.5) is 4.39 Å². The van der Waals surface area contributed by atoms with Crippen molar-refractivity contribution in [3.05, 3.63) is 95.2 Å². The molecule has 49 heavy (non-hydrogen) atoms. The molecule has 2 aromatic carbocycles. The van der Waals surface area contributed by atoms with E-state index in [4.69, 9.17) is 4.74 Å². The first-order valence-corrected chi connectivity index (χ1v) is 17.6. The highest BCUT2D eigenvalue weighted by molar-refractivity contribution is 5.96. The minimum Gasteiger partial charge on any atom is -0.438 e. The van der Waals surface area contributed by atoms with Crippen LogP contribution < -0.4 is 20.7 Å². The van der Waals surface area contributed by atoms with E-state index in [0.717, 1.165) is 100 Å². The molecule has 256 valence electrons. The quantitative estimate of drug-likeness (QED) is 0.156. The van der Waals surface area contributed by atoms with Crippen molar-refractivity contribution in [1.29, 1.82) is 0 Å². The molecular weight excluding hydrogens is 621 g/mol. The van der Waals surface area contributed by atoms with E-state index in [0.29, 0.717) is 30.2 Å². The molecule has 2 amide bonds. The molecule has 2 aromatic heterocycles. The molecule has 0 bridgehead atoms. The lowest BCUT2D eigenvalue weighted by atomic mass is 9.91. The largest absolute Gasteiger partial charge is 0.438 e. The number of carbonyl (C=O) groups is 2. The monoisotopic (exact) mass is 665 g/mol. The number of pyridine rings is 1. The van der Waals surface area contributed by atoms with Gasteiger partial charge < -0.3 is 25.6 Å². The van der Waals surface area contributed by atoms with Crippen LogP contribution >= 0.6 is 0 Å². The number of benzene rings is 2. The molecule has 4 N–H and O–H groups in total. The zero-order valence-corrected chi connectivity index (χ0v) is 27.7. The van der Waals surface area contributed by atoms with Gasteiger partial charge in [-0.15, -0.1) is 0 Å². The third-order valence-electron chi connectivity index (χ3n) is 9.78. The van der Waals surface area contributed by atoms with Crippen LogP contribution in [-0.4, -0.2) is 76.7 Å². The van der Waals surface area contributed by atoms with Crippen LogP contribution in [0.5, 0.6) is 11.6 Å². The Hall–Kier alpha value is -4.61. The Balaban J connectivity index is 0.922. The molecule has 10 nitrogen and oxygen atoms in total. The summed E-state index contributed by atoms with van der Waals surface area (Å²) in [4.78, 5) is 32.8. The van der Waals surface area contributed by atoms with E-state index in [-0.39, 0.29) is 29.4 Å². The summed E-state index contributed by atoms with van der Waals surface area (Å²) in [6, 6.07) is 19.1. The molecule has 1 saturated heterocycles. The molecule has 1 aliphatic heterocycles. The number of rotatable bonds is 12. The molecule has 0 radical (unpaired) electrons. The maximum atomic E-state index is 14.3. The fraction of sp³-hybridized carbons (Fsp3) is 0.421. The van der Waals surface area contributed by atoms with Crippen molar-refractivity contribution in [2.45, 2.75) is 69.4 Å². The molecule has 0 spiro atoms. The Morgan fingerprint density at radius 1 is 0.878 bits per heavy atom. The molecule has 11 heteroatoms. The lowest BCUT2D eigenvalue weighted by Gasteiger charge is -2.29. The van der Waals surface area contributed by atoms with Crippen LogP contribution in [0.2, 0.25) is 0 Å². The van der Waals surface area contributed by atoms with Crippen LogP contribution in [0.15, 0.2) is 66.9 Å². The summed E-state index contributed by atoms with van der Waals surface area (Å²) in [5.74, 6) is -0.188. The number of H-pyrrole nitrogens is 1. The van der Waals surface area contributed by atoms with Gasteiger partial charge in [0.15, 0.2) is 0 Å². The van der Waals surface area contributed by atoms with Crippen LogP contribution in [-0.2, 0) is 6.42 Å². The Morgan fingerprint density at radius 2 is 1.61 bits per heavy atom. The fourth-order valence-electron chi connectivity index (χ4n) is 6.78. The highest BCUT2D eigenvalue weighted by Gasteiger charge is 2.29. The molecule has 3 fully saturated rings. The van der Waals surface area contributed by atoms with Crippen molar-refractivity contribution < 1.29 is 18.7 Å². The maximum Gasteiger partial charge on any atom is 0.269 e. The van der Waals surface area contributed by atoms with E-state index in [2.05, 4.69) is 60.3 Å². The average molecular weight is 666 g/mol. The Labute approximate surface area is 286 Å². The standard InChI is InChI=1S/C38H44FN7O3/c39-29-22-33(36(47)42-30-12-14-31(15-13-30)43-37(48)35-23-34(44-45-35)27-10-11-27)38(41-24-29)49-32-5-1-4-28(21-32)26-8-6-25(7-9-26)3-2-18-46-19-16-40-17-20-46/h1,4-9,21-24,27,30-31,40H,2-3,10-20H2,(H,42,47)(H,43,48)(H,44,45). The second-order valence-corrected chi connectivity index (χ2v) is 13.5. The number of nitrogens with zero attached hydrogens (tertiary/aromatic N) is 3. The predicted octanol–water partition coefficient (Wildman–Crippen LogP) is 5.59. The van der Waals surface area contributed by atoms with E-state index in [1.54, 1.807) is 6.07 Å². The number of piperazine rings is 1. The number of hydrogen-bond donors (Lipinski definition) is 4. The lowest BCUT2D eigenvalue weighted by molar-refractivity contribution is 0.0887. The number of amides is 2. The zero-order valence-electron chi connectivity index (χ0n) is 27.7. The third kappa shape index (κ3) is 8.71. The minimum absolute atomic E-state index is 0.00827. The van der Waals surface area contributed by atoms with Gasteiger partial charge in [0.05, 0.1) is 11.9 Å². The number of aryl methyl sites for hydroxylation is 1. The molecule has 0 atom stereocenters. The first kappa shape index (κ1) is 32.9. The Morgan fingerprint density at radius 3 is 2.35 bits per heavy atom. The highest BCUT2D eigenvalue weighted by Crippen LogP contribution is 2.39. The van der Waals surface area contributed by atoms with E-state index >= 15 is 0 Å². The predicted molar refractivity (Wildman–Crippen MR) is 185 cm³/mol. The lowest BCUT2D eigenvalue weighted by Crippen LogP contribution is -2.44. The number of halogens is 1. The summed E-state index contributed by atoms with van der Waals surface area (Å²) in [7, 11) is 0. The van der Waals surface area contributed by atoms with E-state index in [1.807, 2.05) is 24.3 Å². The molecular formula is C38H44FN7O3. The average Bonchev–Trinajstić information content (AvgIpc) is 3.86. The first-order chi connectivity index (χ1) is 24.0. The van der Waals surface area contributed by atoms with E-state index in [1.165, 1.54) is 5.56 Å². The number of nitrogens with one attached hydrogen (secondary N) is 4.